The van der Waals surface area contributed by atoms with Gasteiger partial charge in [-0.25, -0.2) is 0 Å². The molecule has 1 saturated heterocycles. The van der Waals surface area contributed by atoms with Crippen LogP contribution in [0.1, 0.15) is 25.7 Å². The van der Waals surface area contributed by atoms with Crippen molar-refractivity contribution in [1.29, 1.82) is 0 Å². The van der Waals surface area contributed by atoms with E-state index in [0.29, 0.717) is 5.92 Å². The van der Waals surface area contributed by atoms with Crippen molar-refractivity contribution in [3.63, 3.8) is 0 Å². The summed E-state index contributed by atoms with van der Waals surface area (Å²) in [5.41, 5.74) is 5.97. The van der Waals surface area contributed by atoms with Gasteiger partial charge in [-0.05, 0) is 12.8 Å². The van der Waals surface area contributed by atoms with Crippen molar-refractivity contribution in [2.45, 2.75) is 31.7 Å². The number of carbonyl (C=O) groups is 1. The molecule has 2 atom stereocenters. The Bertz CT molecular complexity index is 239. The smallest absolute Gasteiger partial charge is 0.227 e. The van der Waals surface area contributed by atoms with Crippen LogP contribution in [0.5, 0.6) is 0 Å². The maximum Gasteiger partial charge on any atom is 0.227 e. The van der Waals surface area contributed by atoms with E-state index in [9.17, 15) is 4.79 Å². The summed E-state index contributed by atoms with van der Waals surface area (Å²) in [4.78, 5) is 13.9. The molecule has 0 bridgehead atoms. The van der Waals surface area contributed by atoms with Gasteiger partial charge in [0.2, 0.25) is 5.91 Å². The number of rotatable bonds is 2. The van der Waals surface area contributed by atoms with Gasteiger partial charge in [0.15, 0.2) is 0 Å². The standard InChI is InChI=1S/C11H20N2O2/c12-10-4-2-1-3-9(10)11(15)13-5-8(6-13)7-14/h8-10,14H,1-7,12H2. The largest absolute Gasteiger partial charge is 0.396 e. The minimum Gasteiger partial charge on any atom is -0.396 e. The summed E-state index contributed by atoms with van der Waals surface area (Å²) in [6.45, 7) is 1.64. The van der Waals surface area contributed by atoms with Crippen LogP contribution in [0.2, 0.25) is 0 Å². The van der Waals surface area contributed by atoms with Crippen LogP contribution in [-0.2, 0) is 4.79 Å². The van der Waals surface area contributed by atoms with Crippen LogP contribution in [0.3, 0.4) is 0 Å². The molecule has 1 aliphatic carbocycles. The van der Waals surface area contributed by atoms with E-state index in [1.807, 2.05) is 4.90 Å². The quantitative estimate of drug-likeness (QED) is 0.674. The van der Waals surface area contributed by atoms with Gasteiger partial charge >= 0.3 is 0 Å². The predicted molar refractivity (Wildman–Crippen MR) is 57.1 cm³/mol. The highest BCUT2D eigenvalue weighted by Gasteiger charge is 2.37. The number of carbonyl (C=O) groups excluding carboxylic acids is 1. The number of amides is 1. The van der Waals surface area contributed by atoms with E-state index >= 15 is 0 Å². The van der Waals surface area contributed by atoms with Crippen LogP contribution < -0.4 is 5.73 Å². The Kier molecular flexibility index (Phi) is 3.26. The molecule has 2 unspecified atom stereocenters. The number of likely N-dealkylation sites (tertiary alicyclic amines) is 1. The first-order valence-electron chi connectivity index (χ1n) is 5.87. The zero-order chi connectivity index (χ0) is 10.8. The van der Waals surface area contributed by atoms with Gasteiger partial charge in [0, 0.05) is 31.7 Å². The van der Waals surface area contributed by atoms with Crippen molar-refractivity contribution in [1.82, 2.24) is 4.90 Å². The van der Waals surface area contributed by atoms with E-state index in [0.717, 1.165) is 38.8 Å². The number of aliphatic hydroxyl groups is 1. The molecule has 1 heterocycles. The second-order valence-corrected chi connectivity index (χ2v) is 4.85. The molecule has 0 aromatic heterocycles. The number of nitrogens with zero attached hydrogens (tertiary/aromatic N) is 1. The highest BCUT2D eigenvalue weighted by atomic mass is 16.3. The molecule has 0 spiro atoms. The van der Waals surface area contributed by atoms with Crippen LogP contribution in [0.15, 0.2) is 0 Å². The van der Waals surface area contributed by atoms with Crippen molar-refractivity contribution in [2.24, 2.45) is 17.6 Å². The summed E-state index contributed by atoms with van der Waals surface area (Å²) >= 11 is 0. The summed E-state index contributed by atoms with van der Waals surface area (Å²) in [6.07, 6.45) is 4.21. The lowest BCUT2D eigenvalue weighted by molar-refractivity contribution is -0.144. The Morgan fingerprint density at radius 2 is 2.00 bits per heavy atom. The lowest BCUT2D eigenvalue weighted by atomic mass is 9.83. The Balaban J connectivity index is 1.85. The summed E-state index contributed by atoms with van der Waals surface area (Å²) in [5.74, 6) is 0.555. The Morgan fingerprint density at radius 3 is 2.60 bits per heavy atom. The third-order valence-electron chi connectivity index (χ3n) is 3.66. The summed E-state index contributed by atoms with van der Waals surface area (Å²) in [6, 6.07) is 0.0550. The molecule has 1 aliphatic heterocycles. The molecule has 2 fully saturated rings. The van der Waals surface area contributed by atoms with E-state index in [1.54, 1.807) is 0 Å². The fourth-order valence-electron chi connectivity index (χ4n) is 2.57. The van der Waals surface area contributed by atoms with Crippen molar-refractivity contribution in [3.05, 3.63) is 0 Å². The Morgan fingerprint density at radius 1 is 1.33 bits per heavy atom. The SMILES string of the molecule is NC1CCCCC1C(=O)N1CC(CO)C1. The van der Waals surface area contributed by atoms with Gasteiger partial charge in [-0.3, -0.25) is 4.79 Å². The molecule has 4 heteroatoms. The number of aliphatic hydroxyl groups excluding tert-OH is 1. The molecule has 3 N–H and O–H groups in total. The molecule has 1 saturated carbocycles. The first kappa shape index (κ1) is 10.9. The molecule has 86 valence electrons. The molecule has 0 aromatic carbocycles. The molecule has 2 aliphatic rings. The van der Waals surface area contributed by atoms with E-state index < -0.39 is 0 Å². The van der Waals surface area contributed by atoms with E-state index in [1.165, 1.54) is 0 Å². The summed E-state index contributed by atoms with van der Waals surface area (Å²) in [5, 5.41) is 8.89. The summed E-state index contributed by atoms with van der Waals surface area (Å²) in [7, 11) is 0. The van der Waals surface area contributed by atoms with Crippen LogP contribution in [0.25, 0.3) is 0 Å². The first-order valence-corrected chi connectivity index (χ1v) is 5.87. The minimum absolute atomic E-state index is 0.0402. The molecule has 1 amide bonds. The van der Waals surface area contributed by atoms with Gasteiger partial charge in [-0.2, -0.15) is 0 Å². The third kappa shape index (κ3) is 2.16. The Labute approximate surface area is 90.4 Å². The number of hydrogen-bond donors (Lipinski definition) is 2. The normalized spacial score (nSPS) is 32.5. The molecular weight excluding hydrogens is 192 g/mol. The molecule has 2 rings (SSSR count). The van der Waals surface area contributed by atoms with Crippen molar-refractivity contribution in [2.75, 3.05) is 19.7 Å². The average molecular weight is 212 g/mol. The lowest BCUT2D eigenvalue weighted by Gasteiger charge is -2.42. The fourth-order valence-corrected chi connectivity index (χ4v) is 2.57. The van der Waals surface area contributed by atoms with E-state index in [4.69, 9.17) is 10.8 Å². The third-order valence-corrected chi connectivity index (χ3v) is 3.66. The fraction of sp³-hybridized carbons (Fsp3) is 0.909. The van der Waals surface area contributed by atoms with Gasteiger partial charge in [0.05, 0.1) is 5.92 Å². The number of nitrogens with two attached hydrogens (primary N) is 1. The van der Waals surface area contributed by atoms with Gasteiger partial charge < -0.3 is 15.7 Å². The Hall–Kier alpha value is -0.610. The van der Waals surface area contributed by atoms with E-state index in [2.05, 4.69) is 0 Å². The van der Waals surface area contributed by atoms with Crippen LogP contribution in [0, 0.1) is 11.8 Å². The van der Waals surface area contributed by atoms with Gasteiger partial charge in [0.25, 0.3) is 0 Å². The maximum absolute atomic E-state index is 12.0. The second-order valence-electron chi connectivity index (χ2n) is 4.85. The second kappa shape index (κ2) is 4.49. The van der Waals surface area contributed by atoms with Crippen molar-refractivity contribution < 1.29 is 9.90 Å². The van der Waals surface area contributed by atoms with Crippen molar-refractivity contribution >= 4 is 5.91 Å². The highest BCUT2D eigenvalue weighted by Crippen LogP contribution is 2.27. The monoisotopic (exact) mass is 212 g/mol. The van der Waals surface area contributed by atoms with Crippen LogP contribution in [-0.4, -0.2) is 41.7 Å². The molecule has 0 radical (unpaired) electrons. The lowest BCUT2D eigenvalue weighted by Crippen LogP contribution is -2.56. The zero-order valence-electron chi connectivity index (χ0n) is 9.06. The van der Waals surface area contributed by atoms with Gasteiger partial charge in [0.1, 0.15) is 0 Å². The van der Waals surface area contributed by atoms with Crippen LogP contribution in [0.4, 0.5) is 0 Å². The van der Waals surface area contributed by atoms with Gasteiger partial charge in [-0.1, -0.05) is 12.8 Å². The molecule has 4 nitrogen and oxygen atoms in total. The topological polar surface area (TPSA) is 66.6 Å². The minimum atomic E-state index is 0.0402. The molecule has 0 aromatic rings. The maximum atomic E-state index is 12.0. The van der Waals surface area contributed by atoms with Gasteiger partial charge in [-0.15, -0.1) is 0 Å². The summed E-state index contributed by atoms with van der Waals surface area (Å²) < 4.78 is 0. The zero-order valence-corrected chi connectivity index (χ0v) is 9.06. The van der Waals surface area contributed by atoms with Crippen molar-refractivity contribution in [3.8, 4) is 0 Å². The average Bonchev–Trinajstić information content (AvgIpc) is 2.16. The van der Waals surface area contributed by atoms with Crippen LogP contribution >= 0.6 is 0 Å². The predicted octanol–water partition coefficient (Wildman–Crippen LogP) is -0.0454. The molecular formula is C11H20N2O2. The number of hydrogen-bond acceptors (Lipinski definition) is 3. The first-order chi connectivity index (χ1) is 7.22. The molecule has 15 heavy (non-hydrogen) atoms. The van der Waals surface area contributed by atoms with E-state index in [-0.39, 0.29) is 24.5 Å². The highest BCUT2D eigenvalue weighted by molar-refractivity contribution is 5.80.